The minimum Gasteiger partial charge on any atom is -0.320 e. The molecule has 0 spiro atoms. The second-order valence-electron chi connectivity index (χ2n) is 6.77. The maximum atomic E-state index is 6.07. The zero-order valence-electron chi connectivity index (χ0n) is 15.0. The Kier molecular flexibility index (Phi) is 13.4. The van der Waals surface area contributed by atoms with Gasteiger partial charge in [0.2, 0.25) is 0 Å². The van der Waals surface area contributed by atoms with Crippen LogP contribution in [0.15, 0.2) is 30.3 Å². The number of rotatable bonds is 15. The molecule has 0 saturated heterocycles. The normalized spacial score (nSPS) is 12.4. The summed E-state index contributed by atoms with van der Waals surface area (Å²) in [5.74, 6) is 1.57. The molecule has 1 N–H and O–H groups in total. The molecule has 0 aliphatic rings. The van der Waals surface area contributed by atoms with Gasteiger partial charge < -0.3 is 5.32 Å². The first-order valence-electron chi connectivity index (χ1n) is 9.61. The van der Waals surface area contributed by atoms with Gasteiger partial charge >= 0.3 is 0 Å². The molecule has 0 aromatic heterocycles. The topological polar surface area (TPSA) is 12.0 Å². The summed E-state index contributed by atoms with van der Waals surface area (Å²) in [7, 11) is 2.02. The third-order valence-corrected chi connectivity index (χ3v) is 5.11. The Morgan fingerprint density at radius 1 is 0.826 bits per heavy atom. The fraction of sp³-hybridized carbons (Fsp3) is 0.714. The molecule has 0 bridgehead atoms. The molecule has 1 rings (SSSR count). The third-order valence-electron chi connectivity index (χ3n) is 4.68. The third kappa shape index (κ3) is 11.6. The molecule has 0 saturated carbocycles. The summed E-state index contributed by atoms with van der Waals surface area (Å²) in [6.07, 6.45) is 14.8. The van der Waals surface area contributed by atoms with Crippen molar-refractivity contribution < 1.29 is 0 Å². The highest BCUT2D eigenvalue weighted by molar-refractivity contribution is 6.18. The summed E-state index contributed by atoms with van der Waals surface area (Å²) in [6.45, 7) is 1.12. The van der Waals surface area contributed by atoms with E-state index in [-0.39, 0.29) is 0 Å². The van der Waals surface area contributed by atoms with E-state index in [2.05, 4.69) is 35.6 Å². The molecule has 0 heterocycles. The number of hydrogen-bond acceptors (Lipinski definition) is 1. The number of unbranched alkanes of at least 4 members (excludes halogenated alkanes) is 6. The van der Waals surface area contributed by atoms with E-state index in [1.165, 1.54) is 76.2 Å². The van der Waals surface area contributed by atoms with Crippen molar-refractivity contribution in [1.29, 1.82) is 0 Å². The van der Waals surface area contributed by atoms with Crippen LogP contribution in [0.2, 0.25) is 0 Å². The van der Waals surface area contributed by atoms with Crippen molar-refractivity contribution in [2.45, 2.75) is 70.6 Å². The van der Waals surface area contributed by atoms with Crippen molar-refractivity contribution in [1.82, 2.24) is 5.32 Å². The first-order chi connectivity index (χ1) is 11.4. The van der Waals surface area contributed by atoms with E-state index >= 15 is 0 Å². The average molecular weight is 338 g/mol. The van der Waals surface area contributed by atoms with Crippen molar-refractivity contribution >= 4 is 11.6 Å². The van der Waals surface area contributed by atoms with Crippen molar-refractivity contribution in [3.8, 4) is 0 Å². The number of alkyl halides is 1. The summed E-state index contributed by atoms with van der Waals surface area (Å²) in [5.41, 5.74) is 1.48. The van der Waals surface area contributed by atoms with Crippen LogP contribution in [0.25, 0.3) is 0 Å². The summed E-state index contributed by atoms with van der Waals surface area (Å²) >= 11 is 6.07. The lowest BCUT2D eigenvalue weighted by atomic mass is 9.97. The first kappa shape index (κ1) is 20.5. The van der Waals surface area contributed by atoms with Gasteiger partial charge in [0.25, 0.3) is 0 Å². The lowest BCUT2D eigenvalue weighted by Gasteiger charge is -2.13. The van der Waals surface area contributed by atoms with Gasteiger partial charge in [0, 0.05) is 5.88 Å². The van der Waals surface area contributed by atoms with Gasteiger partial charge in [-0.25, -0.2) is 0 Å². The molecule has 2 heteroatoms. The monoisotopic (exact) mass is 337 g/mol. The largest absolute Gasteiger partial charge is 0.320 e. The van der Waals surface area contributed by atoms with Crippen molar-refractivity contribution in [3.63, 3.8) is 0 Å². The van der Waals surface area contributed by atoms with Crippen molar-refractivity contribution in [2.75, 3.05) is 19.5 Å². The van der Waals surface area contributed by atoms with E-state index in [1.54, 1.807) is 0 Å². The van der Waals surface area contributed by atoms with Gasteiger partial charge in [-0.1, -0.05) is 68.9 Å². The summed E-state index contributed by atoms with van der Waals surface area (Å²) in [6, 6.07) is 10.9. The highest BCUT2D eigenvalue weighted by atomic mass is 35.5. The fourth-order valence-corrected chi connectivity index (χ4v) is 3.47. The molecule has 132 valence electrons. The van der Waals surface area contributed by atoms with Crippen molar-refractivity contribution in [3.05, 3.63) is 35.9 Å². The second-order valence-corrected chi connectivity index (χ2v) is 7.07. The highest BCUT2D eigenvalue weighted by Gasteiger charge is 2.06. The number of aryl methyl sites for hydroxylation is 1. The van der Waals surface area contributed by atoms with Crippen LogP contribution in [0.3, 0.4) is 0 Å². The molecule has 0 fully saturated rings. The molecule has 0 radical (unpaired) electrons. The Hall–Kier alpha value is -0.530. The Morgan fingerprint density at radius 2 is 1.43 bits per heavy atom. The number of hydrogen-bond donors (Lipinski definition) is 1. The Labute approximate surface area is 149 Å². The molecular weight excluding hydrogens is 302 g/mol. The van der Waals surface area contributed by atoms with E-state index in [0.717, 1.165) is 18.3 Å². The first-order valence-corrected chi connectivity index (χ1v) is 10.1. The number of halogens is 1. The lowest BCUT2D eigenvalue weighted by Crippen LogP contribution is -2.11. The minimum absolute atomic E-state index is 0.732. The zero-order chi connectivity index (χ0) is 16.6. The lowest BCUT2D eigenvalue weighted by molar-refractivity contribution is 0.444. The Morgan fingerprint density at radius 3 is 2.09 bits per heavy atom. The number of nitrogens with one attached hydrogen (secondary N) is 1. The summed E-state index contributed by atoms with van der Waals surface area (Å²) in [4.78, 5) is 0. The van der Waals surface area contributed by atoms with Crippen LogP contribution in [-0.2, 0) is 6.42 Å². The summed E-state index contributed by atoms with van der Waals surface area (Å²) in [5, 5.41) is 3.22. The van der Waals surface area contributed by atoms with Crippen LogP contribution in [0, 0.1) is 5.92 Å². The van der Waals surface area contributed by atoms with Gasteiger partial charge in [-0.15, -0.1) is 11.6 Å². The van der Waals surface area contributed by atoms with Gasteiger partial charge in [0.1, 0.15) is 0 Å². The maximum absolute atomic E-state index is 6.07. The predicted molar refractivity (Wildman–Crippen MR) is 104 cm³/mol. The SMILES string of the molecule is CNCCCC(CCl)CCCCCCCCCc1ccccc1. The molecule has 1 aromatic carbocycles. The van der Waals surface area contributed by atoms with Gasteiger partial charge in [-0.2, -0.15) is 0 Å². The Balaban J connectivity index is 1.87. The van der Waals surface area contributed by atoms with Crippen LogP contribution in [0.1, 0.15) is 69.8 Å². The van der Waals surface area contributed by atoms with Gasteiger partial charge in [0.15, 0.2) is 0 Å². The smallest absolute Gasteiger partial charge is 0.0251 e. The van der Waals surface area contributed by atoms with E-state index in [9.17, 15) is 0 Å². The predicted octanol–water partition coefficient (Wildman–Crippen LogP) is 6.20. The number of benzene rings is 1. The van der Waals surface area contributed by atoms with Gasteiger partial charge in [-0.3, -0.25) is 0 Å². The van der Waals surface area contributed by atoms with E-state index in [1.807, 2.05) is 7.05 Å². The molecule has 1 atom stereocenters. The van der Waals surface area contributed by atoms with Gasteiger partial charge in [0.05, 0.1) is 0 Å². The molecule has 1 nitrogen and oxygen atoms in total. The minimum atomic E-state index is 0.732. The van der Waals surface area contributed by atoms with Gasteiger partial charge in [-0.05, 0) is 57.2 Å². The zero-order valence-corrected chi connectivity index (χ0v) is 15.8. The summed E-state index contributed by atoms with van der Waals surface area (Å²) < 4.78 is 0. The molecule has 1 aromatic rings. The van der Waals surface area contributed by atoms with Crippen LogP contribution in [-0.4, -0.2) is 19.5 Å². The fourth-order valence-electron chi connectivity index (χ4n) is 3.16. The van der Waals surface area contributed by atoms with E-state index < -0.39 is 0 Å². The molecule has 1 unspecified atom stereocenters. The molecule has 0 aliphatic carbocycles. The molecule has 0 amide bonds. The molecule has 0 aliphatic heterocycles. The Bertz CT molecular complexity index is 352. The van der Waals surface area contributed by atoms with Crippen LogP contribution in [0.4, 0.5) is 0 Å². The average Bonchev–Trinajstić information content (AvgIpc) is 2.59. The van der Waals surface area contributed by atoms with Crippen LogP contribution >= 0.6 is 11.6 Å². The molecular formula is C21H36ClN. The van der Waals surface area contributed by atoms with Crippen molar-refractivity contribution in [2.24, 2.45) is 5.92 Å². The maximum Gasteiger partial charge on any atom is 0.0251 e. The van der Waals surface area contributed by atoms with E-state index in [4.69, 9.17) is 11.6 Å². The van der Waals surface area contributed by atoms with Crippen LogP contribution in [0.5, 0.6) is 0 Å². The van der Waals surface area contributed by atoms with Crippen LogP contribution < -0.4 is 5.32 Å². The highest BCUT2D eigenvalue weighted by Crippen LogP contribution is 2.18. The van der Waals surface area contributed by atoms with E-state index in [0.29, 0.717) is 0 Å². The second kappa shape index (κ2) is 15.0. The quantitative estimate of drug-likeness (QED) is 0.296. The standard InChI is InChI=1S/C21H36ClN/c1-23-18-12-17-21(19-22)16-9-6-4-2-3-5-8-13-20-14-10-7-11-15-20/h7,10-11,14-15,21,23H,2-6,8-9,12-13,16-19H2,1H3. The molecule has 23 heavy (non-hydrogen) atoms.